The van der Waals surface area contributed by atoms with E-state index in [9.17, 15) is 8.42 Å². The van der Waals surface area contributed by atoms with Gasteiger partial charge in [0.05, 0.1) is 12.0 Å². The van der Waals surface area contributed by atoms with E-state index >= 15 is 0 Å². The Balaban J connectivity index is 1.85. The molecule has 0 spiro atoms. The Kier molecular flexibility index (Phi) is 4.82. The summed E-state index contributed by atoms with van der Waals surface area (Å²) in [7, 11) is -2.01. The predicted octanol–water partition coefficient (Wildman–Crippen LogP) is 2.36. The van der Waals surface area contributed by atoms with Gasteiger partial charge < -0.3 is 4.74 Å². The number of piperidine rings is 1. The molecule has 0 saturated carbocycles. The van der Waals surface area contributed by atoms with Gasteiger partial charge in [-0.15, -0.1) is 0 Å². The van der Waals surface area contributed by atoms with Crippen LogP contribution in [0.1, 0.15) is 30.3 Å². The van der Waals surface area contributed by atoms with Crippen LogP contribution in [0.2, 0.25) is 0 Å². The van der Waals surface area contributed by atoms with Crippen LogP contribution in [0.15, 0.2) is 41.4 Å². The lowest BCUT2D eigenvalue weighted by atomic mass is 9.96. The number of aryl methyl sites for hydroxylation is 1. The molecule has 0 N–H and O–H groups in total. The van der Waals surface area contributed by atoms with Gasteiger partial charge in [0.2, 0.25) is 10.0 Å². The second kappa shape index (κ2) is 6.86. The van der Waals surface area contributed by atoms with Crippen molar-refractivity contribution < 1.29 is 13.2 Å². The third kappa shape index (κ3) is 3.42. The summed E-state index contributed by atoms with van der Waals surface area (Å²) in [6.07, 6.45) is 3.48. The Labute approximate surface area is 142 Å². The van der Waals surface area contributed by atoms with Crippen LogP contribution in [0, 0.1) is 6.92 Å². The van der Waals surface area contributed by atoms with Crippen LogP contribution in [0.5, 0.6) is 5.75 Å². The van der Waals surface area contributed by atoms with Crippen molar-refractivity contribution in [2.45, 2.75) is 30.6 Å². The van der Waals surface area contributed by atoms with E-state index in [4.69, 9.17) is 4.74 Å². The Morgan fingerprint density at radius 2 is 2.12 bits per heavy atom. The number of aromatic nitrogens is 2. The number of sulfonamides is 1. The predicted molar refractivity (Wildman–Crippen MR) is 90.5 cm³/mol. The SMILES string of the molecule is COc1cccc(S(=O)(=O)N2CCCC(c3ccnc(C)n3)C2)c1. The number of benzene rings is 1. The molecule has 0 amide bonds. The van der Waals surface area contributed by atoms with E-state index in [-0.39, 0.29) is 10.8 Å². The molecule has 1 aromatic carbocycles. The highest BCUT2D eigenvalue weighted by Crippen LogP contribution is 2.30. The zero-order valence-electron chi connectivity index (χ0n) is 13.8. The van der Waals surface area contributed by atoms with Gasteiger partial charge in [0.1, 0.15) is 11.6 Å². The molecule has 2 aromatic rings. The van der Waals surface area contributed by atoms with Gasteiger partial charge >= 0.3 is 0 Å². The summed E-state index contributed by atoms with van der Waals surface area (Å²) < 4.78 is 32.6. The largest absolute Gasteiger partial charge is 0.497 e. The maximum atomic E-state index is 12.9. The first-order valence-electron chi connectivity index (χ1n) is 7.94. The lowest BCUT2D eigenvalue weighted by Crippen LogP contribution is -2.39. The van der Waals surface area contributed by atoms with Crippen LogP contribution in [-0.4, -0.2) is 42.9 Å². The molecule has 24 heavy (non-hydrogen) atoms. The second-order valence-electron chi connectivity index (χ2n) is 5.91. The summed E-state index contributed by atoms with van der Waals surface area (Å²) in [4.78, 5) is 8.84. The number of rotatable bonds is 4. The molecule has 1 aliphatic rings. The van der Waals surface area contributed by atoms with E-state index in [2.05, 4.69) is 9.97 Å². The topological polar surface area (TPSA) is 72.4 Å². The summed E-state index contributed by atoms with van der Waals surface area (Å²) >= 11 is 0. The van der Waals surface area contributed by atoms with Crippen molar-refractivity contribution >= 4 is 10.0 Å². The molecule has 7 heteroatoms. The lowest BCUT2D eigenvalue weighted by Gasteiger charge is -2.31. The van der Waals surface area contributed by atoms with E-state index in [1.807, 2.05) is 13.0 Å². The molecule has 2 heterocycles. The molecular formula is C17H21N3O3S. The summed E-state index contributed by atoms with van der Waals surface area (Å²) in [6.45, 7) is 2.81. The van der Waals surface area contributed by atoms with Gasteiger partial charge in [-0.2, -0.15) is 4.31 Å². The van der Waals surface area contributed by atoms with Crippen LogP contribution in [-0.2, 0) is 10.0 Å². The van der Waals surface area contributed by atoms with Crippen LogP contribution in [0.25, 0.3) is 0 Å². The average Bonchev–Trinajstić information content (AvgIpc) is 2.62. The maximum Gasteiger partial charge on any atom is 0.243 e. The molecular weight excluding hydrogens is 326 g/mol. The highest BCUT2D eigenvalue weighted by molar-refractivity contribution is 7.89. The fraction of sp³-hybridized carbons (Fsp3) is 0.412. The molecule has 1 atom stereocenters. The van der Waals surface area contributed by atoms with E-state index < -0.39 is 10.0 Å². The Morgan fingerprint density at radius 1 is 1.29 bits per heavy atom. The van der Waals surface area contributed by atoms with Crippen molar-refractivity contribution in [3.05, 3.63) is 48.0 Å². The highest BCUT2D eigenvalue weighted by Gasteiger charge is 2.31. The van der Waals surface area contributed by atoms with Crippen molar-refractivity contribution in [3.8, 4) is 5.75 Å². The number of hydrogen-bond acceptors (Lipinski definition) is 5. The smallest absolute Gasteiger partial charge is 0.243 e. The van der Waals surface area contributed by atoms with Crippen molar-refractivity contribution in [1.29, 1.82) is 0 Å². The minimum Gasteiger partial charge on any atom is -0.497 e. The molecule has 128 valence electrons. The van der Waals surface area contributed by atoms with Gasteiger partial charge in [-0.3, -0.25) is 0 Å². The second-order valence-corrected chi connectivity index (χ2v) is 7.85. The summed E-state index contributed by atoms with van der Waals surface area (Å²) in [5.41, 5.74) is 0.910. The molecule has 6 nitrogen and oxygen atoms in total. The van der Waals surface area contributed by atoms with Crippen LogP contribution in [0.4, 0.5) is 0 Å². The van der Waals surface area contributed by atoms with E-state index in [1.54, 1.807) is 34.8 Å². The van der Waals surface area contributed by atoms with Gasteiger partial charge in [-0.05, 0) is 38.0 Å². The van der Waals surface area contributed by atoms with Crippen molar-refractivity contribution in [2.24, 2.45) is 0 Å². The van der Waals surface area contributed by atoms with Crippen LogP contribution >= 0.6 is 0 Å². The van der Waals surface area contributed by atoms with Gasteiger partial charge in [0.25, 0.3) is 0 Å². The van der Waals surface area contributed by atoms with Crippen LogP contribution in [0.3, 0.4) is 0 Å². The van der Waals surface area contributed by atoms with Crippen molar-refractivity contribution in [2.75, 3.05) is 20.2 Å². The quantitative estimate of drug-likeness (QED) is 0.849. The fourth-order valence-electron chi connectivity index (χ4n) is 3.01. The molecule has 1 fully saturated rings. The van der Waals surface area contributed by atoms with Gasteiger partial charge in [-0.25, -0.2) is 18.4 Å². The molecule has 1 saturated heterocycles. The number of methoxy groups -OCH3 is 1. The number of ether oxygens (including phenoxy) is 1. The van der Waals surface area contributed by atoms with Gasteiger partial charge in [-0.1, -0.05) is 6.07 Å². The fourth-order valence-corrected chi connectivity index (χ4v) is 4.57. The lowest BCUT2D eigenvalue weighted by molar-refractivity contribution is 0.312. The summed E-state index contributed by atoms with van der Waals surface area (Å²) in [5.74, 6) is 1.34. The summed E-state index contributed by atoms with van der Waals surface area (Å²) in [5, 5.41) is 0. The van der Waals surface area contributed by atoms with Gasteiger partial charge in [0, 0.05) is 37.0 Å². The standard InChI is InChI=1S/C17H21N3O3S/c1-13-18-9-8-17(19-13)14-5-4-10-20(12-14)24(21,22)16-7-3-6-15(11-16)23-2/h3,6-9,11,14H,4-5,10,12H2,1-2H3. The maximum absolute atomic E-state index is 12.9. The Morgan fingerprint density at radius 3 is 2.88 bits per heavy atom. The van der Waals surface area contributed by atoms with Crippen LogP contribution < -0.4 is 4.74 Å². The van der Waals surface area contributed by atoms with Crippen molar-refractivity contribution in [1.82, 2.24) is 14.3 Å². The monoisotopic (exact) mass is 347 g/mol. The van der Waals surface area contributed by atoms with E-state index in [1.165, 1.54) is 7.11 Å². The first-order chi connectivity index (χ1) is 11.5. The Hall–Kier alpha value is -1.99. The zero-order chi connectivity index (χ0) is 17.2. The molecule has 1 unspecified atom stereocenters. The molecule has 0 aliphatic carbocycles. The van der Waals surface area contributed by atoms with E-state index in [0.717, 1.165) is 18.5 Å². The van der Waals surface area contributed by atoms with Crippen molar-refractivity contribution in [3.63, 3.8) is 0 Å². The average molecular weight is 347 g/mol. The van der Waals surface area contributed by atoms with Gasteiger partial charge in [0.15, 0.2) is 0 Å². The first-order valence-corrected chi connectivity index (χ1v) is 9.38. The zero-order valence-corrected chi connectivity index (χ0v) is 14.7. The minimum atomic E-state index is -3.54. The molecule has 3 rings (SSSR count). The third-order valence-corrected chi connectivity index (χ3v) is 6.14. The highest BCUT2D eigenvalue weighted by atomic mass is 32.2. The molecule has 0 bridgehead atoms. The summed E-state index contributed by atoms with van der Waals surface area (Å²) in [6, 6.07) is 8.48. The minimum absolute atomic E-state index is 0.0980. The van der Waals surface area contributed by atoms with E-state index in [0.29, 0.717) is 24.7 Å². The molecule has 1 aromatic heterocycles. The molecule has 0 radical (unpaired) electrons. The first kappa shape index (κ1) is 16.9. The number of hydrogen-bond donors (Lipinski definition) is 0. The number of nitrogens with zero attached hydrogens (tertiary/aromatic N) is 3. The Bertz CT molecular complexity index is 823. The molecule has 1 aliphatic heterocycles. The third-order valence-electron chi connectivity index (χ3n) is 4.28. The normalized spacial score (nSPS) is 19.2.